The summed E-state index contributed by atoms with van der Waals surface area (Å²) in [6.45, 7) is 5.53. The molecule has 0 saturated carbocycles. The first-order chi connectivity index (χ1) is 11.3. The van der Waals surface area contributed by atoms with E-state index in [4.69, 9.17) is 9.47 Å². The van der Waals surface area contributed by atoms with E-state index in [1.807, 2.05) is 6.07 Å². The molecule has 23 heavy (non-hydrogen) atoms. The Balaban J connectivity index is 1.54. The molecule has 126 valence electrons. The van der Waals surface area contributed by atoms with Gasteiger partial charge in [0.25, 0.3) is 0 Å². The van der Waals surface area contributed by atoms with Gasteiger partial charge in [-0.3, -0.25) is 9.88 Å². The van der Waals surface area contributed by atoms with Gasteiger partial charge in [-0.15, -0.1) is 0 Å². The molecule has 0 aromatic carbocycles. The van der Waals surface area contributed by atoms with Gasteiger partial charge in [-0.25, -0.2) is 4.79 Å². The van der Waals surface area contributed by atoms with Crippen molar-refractivity contribution in [2.75, 3.05) is 51.4 Å². The molecule has 3 rings (SSSR count). The predicted octanol–water partition coefficient (Wildman–Crippen LogP) is 0.940. The standard InChI is InChI=1S/C16H24N4O3/c21-16(19-14-2-1-4-17-10-14)18-11-15(13-3-7-23-12-13)20-5-8-22-9-6-20/h1-2,4,10,13,15H,3,5-9,11-12H2,(H2,18,19,21)/t13-,15-/m0/s1. The van der Waals surface area contributed by atoms with Crippen LogP contribution in [0, 0.1) is 5.92 Å². The fraction of sp³-hybridized carbons (Fsp3) is 0.625. The van der Waals surface area contributed by atoms with Gasteiger partial charge in [0.05, 0.1) is 31.7 Å². The van der Waals surface area contributed by atoms with E-state index in [1.165, 1.54) is 0 Å². The van der Waals surface area contributed by atoms with Crippen molar-refractivity contribution in [3.8, 4) is 0 Å². The summed E-state index contributed by atoms with van der Waals surface area (Å²) < 4.78 is 11.0. The molecule has 1 aromatic heterocycles. The Morgan fingerprint density at radius 2 is 2.22 bits per heavy atom. The van der Waals surface area contributed by atoms with Crippen molar-refractivity contribution in [3.05, 3.63) is 24.5 Å². The van der Waals surface area contributed by atoms with Crippen molar-refractivity contribution in [3.63, 3.8) is 0 Å². The summed E-state index contributed by atoms with van der Waals surface area (Å²) in [6.07, 6.45) is 4.36. The second-order valence-electron chi connectivity index (χ2n) is 5.92. The van der Waals surface area contributed by atoms with E-state index in [0.717, 1.165) is 45.9 Å². The van der Waals surface area contributed by atoms with Gasteiger partial charge in [-0.1, -0.05) is 0 Å². The maximum Gasteiger partial charge on any atom is 0.319 e. The van der Waals surface area contributed by atoms with Crippen molar-refractivity contribution in [2.24, 2.45) is 5.92 Å². The number of rotatable bonds is 5. The summed E-state index contributed by atoms with van der Waals surface area (Å²) in [5, 5.41) is 5.79. The van der Waals surface area contributed by atoms with Crippen molar-refractivity contribution < 1.29 is 14.3 Å². The maximum absolute atomic E-state index is 12.1. The van der Waals surface area contributed by atoms with Crippen molar-refractivity contribution in [1.29, 1.82) is 0 Å². The van der Waals surface area contributed by atoms with Crippen LogP contribution in [0.2, 0.25) is 0 Å². The lowest BCUT2D eigenvalue weighted by molar-refractivity contribution is 0.00222. The number of hydrogen-bond acceptors (Lipinski definition) is 5. The number of ether oxygens (including phenoxy) is 2. The highest BCUT2D eigenvalue weighted by Crippen LogP contribution is 2.21. The van der Waals surface area contributed by atoms with Crippen LogP contribution < -0.4 is 10.6 Å². The molecule has 2 aliphatic rings. The van der Waals surface area contributed by atoms with Crippen LogP contribution in [-0.2, 0) is 9.47 Å². The number of carbonyl (C=O) groups excluding carboxylic acids is 1. The highest BCUT2D eigenvalue weighted by Gasteiger charge is 2.31. The quantitative estimate of drug-likeness (QED) is 0.844. The normalized spacial score (nSPS) is 23.4. The first kappa shape index (κ1) is 16.2. The Morgan fingerprint density at radius 1 is 1.35 bits per heavy atom. The topological polar surface area (TPSA) is 75.7 Å². The Hall–Kier alpha value is -1.70. The van der Waals surface area contributed by atoms with Gasteiger partial charge in [-0.05, 0) is 18.6 Å². The summed E-state index contributed by atoms with van der Waals surface area (Å²) in [5.41, 5.74) is 0.692. The van der Waals surface area contributed by atoms with Gasteiger partial charge in [0, 0.05) is 44.4 Å². The van der Waals surface area contributed by atoms with Gasteiger partial charge in [0.2, 0.25) is 0 Å². The minimum absolute atomic E-state index is 0.199. The number of carbonyl (C=O) groups is 1. The SMILES string of the molecule is O=C(NC[C@@H]([C@H]1CCOC1)N1CCOCC1)Nc1cccnc1. The number of nitrogens with zero attached hydrogens (tertiary/aromatic N) is 2. The van der Waals surface area contributed by atoms with Crippen molar-refractivity contribution in [2.45, 2.75) is 12.5 Å². The third-order valence-electron chi connectivity index (χ3n) is 4.41. The zero-order valence-corrected chi connectivity index (χ0v) is 13.2. The van der Waals surface area contributed by atoms with E-state index in [0.29, 0.717) is 24.2 Å². The van der Waals surface area contributed by atoms with E-state index < -0.39 is 0 Å². The van der Waals surface area contributed by atoms with Crippen LogP contribution in [0.25, 0.3) is 0 Å². The van der Waals surface area contributed by atoms with Gasteiger partial charge in [0.1, 0.15) is 0 Å². The predicted molar refractivity (Wildman–Crippen MR) is 86.4 cm³/mol. The second kappa shape index (κ2) is 8.24. The summed E-state index contributed by atoms with van der Waals surface area (Å²) in [6, 6.07) is 3.70. The Kier molecular flexibility index (Phi) is 5.79. The van der Waals surface area contributed by atoms with Crippen molar-refractivity contribution in [1.82, 2.24) is 15.2 Å². The Labute approximate surface area is 136 Å². The molecule has 1 aromatic rings. The van der Waals surface area contributed by atoms with Crippen molar-refractivity contribution >= 4 is 11.7 Å². The zero-order chi connectivity index (χ0) is 15.9. The lowest BCUT2D eigenvalue weighted by Crippen LogP contribution is -2.52. The number of urea groups is 1. The molecular weight excluding hydrogens is 296 g/mol. The summed E-state index contributed by atoms with van der Waals surface area (Å²) in [4.78, 5) is 18.5. The molecule has 3 heterocycles. The van der Waals surface area contributed by atoms with Gasteiger partial charge >= 0.3 is 6.03 Å². The molecule has 0 unspecified atom stereocenters. The lowest BCUT2D eigenvalue weighted by atomic mass is 9.97. The lowest BCUT2D eigenvalue weighted by Gasteiger charge is -2.37. The van der Waals surface area contributed by atoms with E-state index in [2.05, 4.69) is 20.5 Å². The van der Waals surface area contributed by atoms with Crippen LogP contribution in [0.5, 0.6) is 0 Å². The molecule has 2 amide bonds. The molecule has 2 fully saturated rings. The van der Waals surface area contributed by atoms with Crippen LogP contribution >= 0.6 is 0 Å². The molecule has 2 atom stereocenters. The molecule has 2 aliphatic heterocycles. The van der Waals surface area contributed by atoms with Crippen LogP contribution in [0.1, 0.15) is 6.42 Å². The second-order valence-corrected chi connectivity index (χ2v) is 5.92. The third kappa shape index (κ3) is 4.63. The van der Waals surface area contributed by atoms with Gasteiger partial charge < -0.3 is 20.1 Å². The minimum Gasteiger partial charge on any atom is -0.381 e. The fourth-order valence-electron chi connectivity index (χ4n) is 3.17. The Bertz CT molecular complexity index is 487. The van der Waals surface area contributed by atoms with Crippen LogP contribution in [-0.4, -0.2) is 68.0 Å². The fourth-order valence-corrected chi connectivity index (χ4v) is 3.17. The van der Waals surface area contributed by atoms with E-state index in [1.54, 1.807) is 18.5 Å². The van der Waals surface area contributed by atoms with Gasteiger partial charge in [-0.2, -0.15) is 0 Å². The average molecular weight is 320 g/mol. The van der Waals surface area contributed by atoms with Crippen LogP contribution in [0.3, 0.4) is 0 Å². The summed E-state index contributed by atoms with van der Waals surface area (Å²) in [5.74, 6) is 0.465. The van der Waals surface area contributed by atoms with Crippen LogP contribution in [0.4, 0.5) is 10.5 Å². The number of morpholine rings is 1. The molecule has 2 N–H and O–H groups in total. The smallest absolute Gasteiger partial charge is 0.319 e. The minimum atomic E-state index is -0.199. The zero-order valence-electron chi connectivity index (χ0n) is 13.2. The molecule has 7 heteroatoms. The number of amides is 2. The molecule has 0 spiro atoms. The van der Waals surface area contributed by atoms with E-state index in [9.17, 15) is 4.79 Å². The largest absolute Gasteiger partial charge is 0.381 e. The molecular formula is C16H24N4O3. The van der Waals surface area contributed by atoms with E-state index >= 15 is 0 Å². The van der Waals surface area contributed by atoms with Gasteiger partial charge in [0.15, 0.2) is 0 Å². The number of pyridine rings is 1. The highest BCUT2D eigenvalue weighted by atomic mass is 16.5. The summed E-state index contributed by atoms with van der Waals surface area (Å²) >= 11 is 0. The molecule has 7 nitrogen and oxygen atoms in total. The number of anilines is 1. The number of hydrogen-bond donors (Lipinski definition) is 2. The highest BCUT2D eigenvalue weighted by molar-refractivity contribution is 5.88. The molecule has 0 bridgehead atoms. The maximum atomic E-state index is 12.1. The van der Waals surface area contributed by atoms with Crippen LogP contribution in [0.15, 0.2) is 24.5 Å². The Morgan fingerprint density at radius 3 is 2.91 bits per heavy atom. The monoisotopic (exact) mass is 320 g/mol. The first-order valence-corrected chi connectivity index (χ1v) is 8.17. The summed E-state index contributed by atoms with van der Waals surface area (Å²) in [7, 11) is 0. The van der Waals surface area contributed by atoms with E-state index in [-0.39, 0.29) is 6.03 Å². The number of nitrogens with one attached hydrogen (secondary N) is 2. The third-order valence-corrected chi connectivity index (χ3v) is 4.41. The first-order valence-electron chi connectivity index (χ1n) is 8.17. The molecule has 2 saturated heterocycles. The molecule has 0 radical (unpaired) electrons. The molecule has 0 aliphatic carbocycles. The number of aromatic nitrogens is 1. The average Bonchev–Trinajstić information content (AvgIpc) is 3.11.